The van der Waals surface area contributed by atoms with E-state index in [0.29, 0.717) is 0 Å². The van der Waals surface area contributed by atoms with E-state index in [-0.39, 0.29) is 0 Å². The Labute approximate surface area is 183 Å². The highest BCUT2D eigenvalue weighted by molar-refractivity contribution is 7.16. The molecule has 0 fully saturated rings. The molecule has 2 heterocycles. The first-order valence-corrected chi connectivity index (χ1v) is 11.5. The fraction of sp³-hybridized carbons (Fsp3) is 0.120. The predicted molar refractivity (Wildman–Crippen MR) is 128 cm³/mol. The Balaban J connectivity index is 1.90. The summed E-state index contributed by atoms with van der Waals surface area (Å²) < 4.78 is 1.18. The minimum atomic E-state index is -0.947. The molecule has 150 valence electrons. The average Bonchev–Trinajstić information content (AvgIpc) is 3.39. The van der Waals surface area contributed by atoms with Crippen LogP contribution in [0.15, 0.2) is 64.8 Å². The summed E-state index contributed by atoms with van der Waals surface area (Å²) in [7, 11) is 0. The number of carboxylic acid groups (broad SMARTS) is 1. The van der Waals surface area contributed by atoms with E-state index in [9.17, 15) is 4.79 Å². The lowest BCUT2D eigenvalue weighted by molar-refractivity contribution is -0.131. The van der Waals surface area contributed by atoms with E-state index in [1.54, 1.807) is 28.7 Å². The van der Waals surface area contributed by atoms with Gasteiger partial charge in [-0.15, -0.1) is 11.3 Å². The Morgan fingerprint density at radius 3 is 2.53 bits per heavy atom. The van der Waals surface area contributed by atoms with Gasteiger partial charge in [0.15, 0.2) is 0 Å². The highest BCUT2D eigenvalue weighted by atomic mass is 32.1. The Kier molecular flexibility index (Phi) is 5.93. The zero-order valence-corrected chi connectivity index (χ0v) is 18.4. The fourth-order valence-corrected chi connectivity index (χ4v) is 5.15. The molecule has 4 aromatic rings. The number of thiazole rings is 1. The number of carbonyl (C=O) groups is 1. The minimum absolute atomic E-state index is 0.861. The number of aliphatic carboxylic acids is 1. The second-order valence-corrected chi connectivity index (χ2v) is 8.63. The van der Waals surface area contributed by atoms with Crippen LogP contribution in [-0.2, 0) is 4.79 Å². The summed E-state index contributed by atoms with van der Waals surface area (Å²) in [6, 6.07) is 14.5. The fourth-order valence-electron chi connectivity index (χ4n) is 3.63. The van der Waals surface area contributed by atoms with Gasteiger partial charge in [0.2, 0.25) is 0 Å². The molecule has 0 saturated heterocycles. The number of thiophene rings is 1. The molecule has 4 rings (SSSR count). The lowest BCUT2D eigenvalue weighted by Gasteiger charge is -2.16. The van der Waals surface area contributed by atoms with Crippen LogP contribution in [0.3, 0.4) is 0 Å². The lowest BCUT2D eigenvalue weighted by atomic mass is 9.87. The summed E-state index contributed by atoms with van der Waals surface area (Å²) in [4.78, 5) is 15.3. The van der Waals surface area contributed by atoms with Crippen LogP contribution in [0.25, 0.3) is 27.4 Å². The van der Waals surface area contributed by atoms with Gasteiger partial charge in [0.25, 0.3) is 0 Å². The Hall–Kier alpha value is -3.02. The van der Waals surface area contributed by atoms with E-state index < -0.39 is 5.97 Å². The van der Waals surface area contributed by atoms with E-state index in [0.717, 1.165) is 34.7 Å². The second kappa shape index (κ2) is 8.78. The third-order valence-electron chi connectivity index (χ3n) is 5.07. The van der Waals surface area contributed by atoms with Crippen LogP contribution < -0.4 is 0 Å². The topological polar surface area (TPSA) is 50.2 Å². The van der Waals surface area contributed by atoms with Crippen LogP contribution in [0, 0.1) is 6.92 Å². The minimum Gasteiger partial charge on any atom is -0.478 e. The van der Waals surface area contributed by atoms with Crippen LogP contribution >= 0.6 is 22.7 Å². The van der Waals surface area contributed by atoms with Gasteiger partial charge in [0.1, 0.15) is 0 Å². The van der Waals surface area contributed by atoms with Crippen LogP contribution in [0.5, 0.6) is 0 Å². The summed E-state index contributed by atoms with van der Waals surface area (Å²) in [5.74, 6) is -0.947. The van der Waals surface area contributed by atoms with Gasteiger partial charge in [-0.25, -0.2) is 9.78 Å². The van der Waals surface area contributed by atoms with Gasteiger partial charge in [-0.3, -0.25) is 0 Å². The molecule has 0 saturated carbocycles. The quantitative estimate of drug-likeness (QED) is 0.330. The van der Waals surface area contributed by atoms with Crippen LogP contribution in [0.1, 0.15) is 41.2 Å². The highest BCUT2D eigenvalue weighted by Gasteiger charge is 2.16. The van der Waals surface area contributed by atoms with Crippen molar-refractivity contribution in [3.8, 4) is 0 Å². The van der Waals surface area contributed by atoms with E-state index in [1.165, 1.54) is 27.0 Å². The zero-order chi connectivity index (χ0) is 21.1. The summed E-state index contributed by atoms with van der Waals surface area (Å²) in [5, 5.41) is 13.3. The summed E-state index contributed by atoms with van der Waals surface area (Å²) in [6.07, 6.45) is 3.68. The Morgan fingerprint density at radius 2 is 1.87 bits per heavy atom. The molecule has 0 spiro atoms. The van der Waals surface area contributed by atoms with Gasteiger partial charge in [0, 0.05) is 6.08 Å². The summed E-state index contributed by atoms with van der Waals surface area (Å²) in [5.41, 5.74) is 11.1. The number of aryl methyl sites for hydroxylation is 1. The van der Waals surface area contributed by atoms with E-state index >= 15 is 0 Å². The molecule has 0 bridgehead atoms. The molecule has 3 nitrogen and oxygen atoms in total. The molecule has 0 aliphatic carbocycles. The number of benzene rings is 2. The molecule has 0 radical (unpaired) electrons. The zero-order valence-electron chi connectivity index (χ0n) is 16.8. The summed E-state index contributed by atoms with van der Waals surface area (Å²) in [6.45, 7) is 4.35. The third-order valence-corrected chi connectivity index (χ3v) is 6.74. The van der Waals surface area contributed by atoms with Gasteiger partial charge in [-0.05, 0) is 81.3 Å². The highest BCUT2D eigenvalue weighted by Crippen LogP contribution is 2.38. The number of hydrogen-bond donors (Lipinski definition) is 1. The van der Waals surface area contributed by atoms with Gasteiger partial charge in [0.05, 0.1) is 15.7 Å². The molecule has 2 aromatic heterocycles. The molecule has 0 aliphatic rings. The van der Waals surface area contributed by atoms with E-state index in [1.807, 2.05) is 17.6 Å². The molecular formula is C25H21NO2S2. The van der Waals surface area contributed by atoms with Crippen LogP contribution in [0.2, 0.25) is 0 Å². The maximum absolute atomic E-state index is 10.8. The van der Waals surface area contributed by atoms with E-state index in [2.05, 4.69) is 59.9 Å². The van der Waals surface area contributed by atoms with Gasteiger partial charge in [-0.1, -0.05) is 37.3 Å². The van der Waals surface area contributed by atoms with Crippen molar-refractivity contribution < 1.29 is 9.90 Å². The maximum atomic E-state index is 10.8. The molecule has 5 heteroatoms. The second-order valence-electron chi connectivity index (χ2n) is 7.00. The normalized spacial score (nSPS) is 12.5. The van der Waals surface area contributed by atoms with Crippen LogP contribution in [-0.4, -0.2) is 16.1 Å². The largest absolute Gasteiger partial charge is 0.478 e. The van der Waals surface area contributed by atoms with Gasteiger partial charge in [-0.2, -0.15) is 11.3 Å². The molecule has 2 aromatic carbocycles. The average molecular weight is 432 g/mol. The SMILES string of the molecule is CC/C(=C(/c1ccc(/C=C/C(=O)O)cc1)c1ccc2scnc2c1)c1cscc1C. The number of aromatic nitrogens is 1. The number of rotatable bonds is 6. The summed E-state index contributed by atoms with van der Waals surface area (Å²) >= 11 is 3.37. The first kappa shape index (κ1) is 20.3. The molecule has 1 N–H and O–H groups in total. The van der Waals surface area contributed by atoms with Crippen molar-refractivity contribution in [2.24, 2.45) is 0 Å². The van der Waals surface area contributed by atoms with Crippen molar-refractivity contribution in [3.05, 3.63) is 92.6 Å². The number of allylic oxidation sites excluding steroid dienone is 1. The van der Waals surface area contributed by atoms with Crippen molar-refractivity contribution in [3.63, 3.8) is 0 Å². The van der Waals surface area contributed by atoms with Crippen LogP contribution in [0.4, 0.5) is 0 Å². The van der Waals surface area contributed by atoms with Crippen molar-refractivity contribution in [1.29, 1.82) is 0 Å². The molecule has 0 aliphatic heterocycles. The number of nitrogens with zero attached hydrogens (tertiary/aromatic N) is 1. The molecular weight excluding hydrogens is 410 g/mol. The van der Waals surface area contributed by atoms with E-state index in [4.69, 9.17) is 5.11 Å². The maximum Gasteiger partial charge on any atom is 0.328 e. The monoisotopic (exact) mass is 431 g/mol. The number of fused-ring (bicyclic) bond motifs is 1. The van der Waals surface area contributed by atoms with Crippen molar-refractivity contribution in [2.45, 2.75) is 20.3 Å². The van der Waals surface area contributed by atoms with Crippen molar-refractivity contribution in [1.82, 2.24) is 4.98 Å². The standard InChI is InChI=1S/C25H21NO2S2/c1-3-20(21-14-29-13-16(21)2)25(19-9-10-23-22(12-19)26-15-30-23)18-7-4-17(5-8-18)6-11-24(27)28/h4-15H,3H2,1-2H3,(H,27,28)/b11-6+,25-20+. The van der Waals surface area contributed by atoms with Gasteiger partial charge >= 0.3 is 5.97 Å². The molecule has 0 amide bonds. The molecule has 30 heavy (non-hydrogen) atoms. The first-order valence-electron chi connectivity index (χ1n) is 9.68. The van der Waals surface area contributed by atoms with Gasteiger partial charge < -0.3 is 5.11 Å². The Morgan fingerprint density at radius 1 is 1.10 bits per heavy atom. The molecule has 0 unspecified atom stereocenters. The number of carboxylic acids is 1. The first-order chi connectivity index (χ1) is 14.6. The lowest BCUT2D eigenvalue weighted by Crippen LogP contribution is -1.96. The smallest absolute Gasteiger partial charge is 0.328 e. The Bertz CT molecular complexity index is 1260. The van der Waals surface area contributed by atoms with Crippen molar-refractivity contribution >= 4 is 56.1 Å². The number of hydrogen-bond acceptors (Lipinski definition) is 4. The van der Waals surface area contributed by atoms with Crippen molar-refractivity contribution in [2.75, 3.05) is 0 Å². The molecule has 0 atom stereocenters. The third kappa shape index (κ3) is 4.13. The predicted octanol–water partition coefficient (Wildman–Crippen LogP) is 7.13.